The summed E-state index contributed by atoms with van der Waals surface area (Å²) in [4.78, 5) is 27.4. The zero-order chi connectivity index (χ0) is 21.1. The Hall–Kier alpha value is -2.93. The van der Waals surface area contributed by atoms with E-state index in [1.54, 1.807) is 11.0 Å². The summed E-state index contributed by atoms with van der Waals surface area (Å²) in [7, 11) is 1.45. The van der Waals surface area contributed by atoms with Crippen molar-refractivity contribution in [3.63, 3.8) is 0 Å². The summed E-state index contributed by atoms with van der Waals surface area (Å²) in [6.45, 7) is 0.869. The topological polar surface area (TPSA) is 65.1 Å². The van der Waals surface area contributed by atoms with Crippen LogP contribution in [0.1, 0.15) is 28.8 Å². The SMILES string of the molecule is COc1ccc(C(=O)C2CC3COCC(C2)N3C(=O)OCc2ccccc2)c(F)c1. The molecule has 2 saturated heterocycles. The van der Waals surface area contributed by atoms with Crippen molar-refractivity contribution in [1.29, 1.82) is 0 Å². The second-order valence-corrected chi connectivity index (χ2v) is 7.67. The van der Waals surface area contributed by atoms with E-state index in [-0.39, 0.29) is 36.0 Å². The van der Waals surface area contributed by atoms with Crippen molar-refractivity contribution >= 4 is 11.9 Å². The largest absolute Gasteiger partial charge is 0.497 e. The lowest BCUT2D eigenvalue weighted by atomic mass is 9.80. The fraction of sp³-hybridized carbons (Fsp3) is 0.391. The van der Waals surface area contributed by atoms with Gasteiger partial charge in [-0.1, -0.05) is 30.3 Å². The first-order valence-corrected chi connectivity index (χ1v) is 10.0. The van der Waals surface area contributed by atoms with E-state index >= 15 is 0 Å². The molecule has 4 rings (SSSR count). The highest BCUT2D eigenvalue weighted by Crippen LogP contribution is 2.35. The van der Waals surface area contributed by atoms with Crippen LogP contribution in [0, 0.1) is 11.7 Å². The molecule has 2 unspecified atom stereocenters. The Morgan fingerprint density at radius 1 is 1.10 bits per heavy atom. The van der Waals surface area contributed by atoms with Gasteiger partial charge in [0.1, 0.15) is 18.2 Å². The van der Waals surface area contributed by atoms with Crippen LogP contribution >= 0.6 is 0 Å². The lowest BCUT2D eigenvalue weighted by Gasteiger charge is -2.47. The molecular formula is C23H24FNO5. The third kappa shape index (κ3) is 4.16. The lowest BCUT2D eigenvalue weighted by molar-refractivity contribution is -0.0755. The number of morpholine rings is 1. The number of nitrogens with zero attached hydrogens (tertiary/aromatic N) is 1. The molecule has 0 spiro atoms. The van der Waals surface area contributed by atoms with Crippen molar-refractivity contribution in [2.24, 2.45) is 5.92 Å². The maximum Gasteiger partial charge on any atom is 0.410 e. The van der Waals surface area contributed by atoms with Crippen LogP contribution in [-0.2, 0) is 16.1 Å². The smallest absolute Gasteiger partial charge is 0.410 e. The minimum Gasteiger partial charge on any atom is -0.497 e. The molecule has 30 heavy (non-hydrogen) atoms. The van der Waals surface area contributed by atoms with Crippen LogP contribution in [-0.4, -0.2) is 49.2 Å². The predicted octanol–water partition coefficient (Wildman–Crippen LogP) is 3.83. The van der Waals surface area contributed by atoms with E-state index in [0.717, 1.165) is 5.56 Å². The number of carbonyl (C=O) groups is 2. The van der Waals surface area contributed by atoms with Crippen molar-refractivity contribution in [3.05, 3.63) is 65.5 Å². The molecule has 2 heterocycles. The Kier molecular flexibility index (Phi) is 5.99. The monoisotopic (exact) mass is 413 g/mol. The molecule has 0 aromatic heterocycles. The van der Waals surface area contributed by atoms with Gasteiger partial charge in [-0.3, -0.25) is 9.69 Å². The number of ketones is 1. The number of amides is 1. The molecule has 158 valence electrons. The average Bonchev–Trinajstić information content (AvgIpc) is 2.76. The summed E-state index contributed by atoms with van der Waals surface area (Å²) >= 11 is 0. The quantitative estimate of drug-likeness (QED) is 0.697. The van der Waals surface area contributed by atoms with Crippen LogP contribution < -0.4 is 4.74 Å². The molecule has 2 aromatic carbocycles. The molecule has 6 nitrogen and oxygen atoms in total. The van der Waals surface area contributed by atoms with Gasteiger partial charge in [0.2, 0.25) is 0 Å². The number of carbonyl (C=O) groups excluding carboxylic acids is 2. The molecule has 2 aliphatic heterocycles. The minimum absolute atomic E-state index is 0.0555. The van der Waals surface area contributed by atoms with Crippen molar-refractivity contribution in [1.82, 2.24) is 4.90 Å². The molecule has 2 aliphatic rings. The van der Waals surface area contributed by atoms with Gasteiger partial charge in [0, 0.05) is 12.0 Å². The summed E-state index contributed by atoms with van der Waals surface area (Å²) in [5.74, 6) is -0.843. The zero-order valence-electron chi connectivity index (χ0n) is 16.8. The number of benzene rings is 2. The standard InChI is InChI=1S/C23H24FNO5/c1-28-19-7-8-20(21(24)11-19)22(26)16-9-17-13-29-14-18(10-16)25(17)23(27)30-12-15-5-3-2-4-6-15/h2-8,11,16-18H,9-10,12-14H2,1H3. The van der Waals surface area contributed by atoms with E-state index in [1.807, 2.05) is 30.3 Å². The van der Waals surface area contributed by atoms with Crippen LogP contribution in [0.15, 0.2) is 48.5 Å². The van der Waals surface area contributed by atoms with E-state index in [9.17, 15) is 14.0 Å². The summed E-state index contributed by atoms with van der Waals surface area (Å²) in [5.41, 5.74) is 0.965. The zero-order valence-corrected chi connectivity index (χ0v) is 16.8. The number of Topliss-reactive ketones (excluding diaryl/α,β-unsaturated/α-hetero) is 1. The van der Waals surface area contributed by atoms with Gasteiger partial charge in [0.05, 0.1) is 38.0 Å². The fourth-order valence-corrected chi connectivity index (χ4v) is 4.26. The second kappa shape index (κ2) is 8.83. The minimum atomic E-state index is -0.592. The van der Waals surface area contributed by atoms with Crippen LogP contribution in [0.5, 0.6) is 5.75 Å². The maximum absolute atomic E-state index is 14.4. The van der Waals surface area contributed by atoms with Gasteiger partial charge < -0.3 is 14.2 Å². The molecular weight excluding hydrogens is 389 g/mol. The van der Waals surface area contributed by atoms with Gasteiger partial charge in [0.15, 0.2) is 5.78 Å². The Morgan fingerprint density at radius 3 is 2.43 bits per heavy atom. The van der Waals surface area contributed by atoms with E-state index < -0.39 is 11.9 Å². The Morgan fingerprint density at radius 2 is 1.80 bits per heavy atom. The molecule has 0 saturated carbocycles. The van der Waals surface area contributed by atoms with Crippen molar-refractivity contribution in [2.75, 3.05) is 20.3 Å². The Labute approximate surface area is 174 Å². The summed E-state index contributed by atoms with van der Waals surface area (Å²) in [6, 6.07) is 13.2. The maximum atomic E-state index is 14.4. The average molecular weight is 413 g/mol. The van der Waals surface area contributed by atoms with Gasteiger partial charge in [-0.2, -0.15) is 0 Å². The van der Waals surface area contributed by atoms with Crippen molar-refractivity contribution in [2.45, 2.75) is 31.5 Å². The molecule has 0 N–H and O–H groups in total. The molecule has 1 amide bonds. The molecule has 0 radical (unpaired) electrons. The first kappa shape index (κ1) is 20.3. The van der Waals surface area contributed by atoms with E-state index in [4.69, 9.17) is 14.2 Å². The molecule has 2 bridgehead atoms. The number of halogens is 1. The molecule has 2 aromatic rings. The number of piperidine rings is 1. The first-order chi connectivity index (χ1) is 14.6. The van der Waals surface area contributed by atoms with Crippen LogP contribution in [0.25, 0.3) is 0 Å². The number of fused-ring (bicyclic) bond motifs is 2. The van der Waals surface area contributed by atoms with E-state index in [0.29, 0.717) is 31.8 Å². The molecule has 0 aliphatic carbocycles. The number of ether oxygens (including phenoxy) is 3. The highest BCUT2D eigenvalue weighted by Gasteiger charge is 2.44. The van der Waals surface area contributed by atoms with Gasteiger partial charge in [-0.05, 0) is 30.5 Å². The van der Waals surface area contributed by atoms with Crippen molar-refractivity contribution < 1.29 is 28.2 Å². The highest BCUT2D eigenvalue weighted by molar-refractivity contribution is 5.98. The molecule has 2 atom stereocenters. The van der Waals surface area contributed by atoms with Crippen LogP contribution in [0.3, 0.4) is 0 Å². The van der Waals surface area contributed by atoms with Gasteiger partial charge in [0.25, 0.3) is 0 Å². The number of hydrogen-bond acceptors (Lipinski definition) is 5. The van der Waals surface area contributed by atoms with Crippen molar-refractivity contribution in [3.8, 4) is 5.75 Å². The van der Waals surface area contributed by atoms with E-state index in [1.165, 1.54) is 19.2 Å². The summed E-state index contributed by atoms with van der Waals surface area (Å²) in [6.07, 6.45) is 0.432. The number of methoxy groups -OCH3 is 1. The summed E-state index contributed by atoms with van der Waals surface area (Å²) in [5, 5.41) is 0. The summed E-state index contributed by atoms with van der Waals surface area (Å²) < 4.78 is 30.5. The van der Waals surface area contributed by atoms with E-state index in [2.05, 4.69) is 0 Å². The number of rotatable bonds is 5. The number of hydrogen-bond donors (Lipinski definition) is 0. The van der Waals surface area contributed by atoms with Gasteiger partial charge in [-0.15, -0.1) is 0 Å². The fourth-order valence-electron chi connectivity index (χ4n) is 4.26. The molecule has 7 heteroatoms. The Bertz CT molecular complexity index is 905. The van der Waals surface area contributed by atoms with Crippen LogP contribution in [0.2, 0.25) is 0 Å². The third-order valence-corrected chi connectivity index (χ3v) is 5.75. The lowest BCUT2D eigenvalue weighted by Crippen LogP contribution is -2.60. The highest BCUT2D eigenvalue weighted by atomic mass is 19.1. The van der Waals surface area contributed by atoms with Gasteiger partial charge >= 0.3 is 6.09 Å². The van der Waals surface area contributed by atoms with Gasteiger partial charge in [-0.25, -0.2) is 9.18 Å². The first-order valence-electron chi connectivity index (χ1n) is 10.0. The third-order valence-electron chi connectivity index (χ3n) is 5.75. The second-order valence-electron chi connectivity index (χ2n) is 7.67. The Balaban J connectivity index is 1.44. The van der Waals surface area contributed by atoms with Crippen LogP contribution in [0.4, 0.5) is 9.18 Å². The molecule has 2 fully saturated rings. The predicted molar refractivity (Wildman–Crippen MR) is 107 cm³/mol. The normalized spacial score (nSPS) is 23.0.